The number of nitrogens with zero attached hydrogens (tertiary/aromatic N) is 1. The molecule has 7 heteroatoms. The summed E-state index contributed by atoms with van der Waals surface area (Å²) in [5, 5.41) is 2.75. The van der Waals surface area contributed by atoms with Gasteiger partial charge in [-0.2, -0.15) is 0 Å². The van der Waals surface area contributed by atoms with Crippen molar-refractivity contribution < 1.29 is 23.5 Å². The molecule has 1 aliphatic rings. The average molecular weight is 372 g/mol. The molecular weight excluding hydrogens is 351 g/mol. The maximum atomic E-state index is 12.9. The third-order valence-electron chi connectivity index (χ3n) is 4.55. The molecule has 1 heterocycles. The summed E-state index contributed by atoms with van der Waals surface area (Å²) >= 11 is 0. The van der Waals surface area contributed by atoms with Crippen molar-refractivity contribution in [1.29, 1.82) is 0 Å². The third-order valence-corrected chi connectivity index (χ3v) is 4.55. The minimum atomic E-state index is -0.748. The zero-order valence-electron chi connectivity index (χ0n) is 15.2. The Morgan fingerprint density at radius 1 is 1.15 bits per heavy atom. The van der Waals surface area contributed by atoms with Crippen LogP contribution in [0.5, 0.6) is 11.5 Å². The number of halogens is 1. The average Bonchev–Trinajstić information content (AvgIpc) is 3.08. The number of hydrogen-bond donors (Lipinski definition) is 1. The van der Waals surface area contributed by atoms with E-state index in [2.05, 4.69) is 5.32 Å². The molecule has 1 fully saturated rings. The third kappa shape index (κ3) is 4.19. The molecule has 1 N–H and O–H groups in total. The van der Waals surface area contributed by atoms with E-state index in [-0.39, 0.29) is 24.2 Å². The molecule has 0 aliphatic carbocycles. The van der Waals surface area contributed by atoms with Crippen LogP contribution in [-0.4, -0.2) is 32.6 Å². The van der Waals surface area contributed by atoms with Crippen molar-refractivity contribution in [2.75, 3.05) is 25.7 Å². The maximum Gasteiger partial charge on any atom is 0.239 e. The minimum absolute atomic E-state index is 0.246. The molecule has 142 valence electrons. The zero-order chi connectivity index (χ0) is 19.4. The Bertz CT molecular complexity index is 816. The van der Waals surface area contributed by atoms with Gasteiger partial charge < -0.3 is 19.7 Å². The van der Waals surface area contributed by atoms with Crippen molar-refractivity contribution >= 4 is 17.5 Å². The van der Waals surface area contributed by atoms with Gasteiger partial charge in [0.2, 0.25) is 11.8 Å². The number of carbonyl (C=O) groups excluding carboxylic acids is 2. The van der Waals surface area contributed by atoms with Gasteiger partial charge in [-0.05, 0) is 24.1 Å². The van der Waals surface area contributed by atoms with E-state index in [4.69, 9.17) is 9.47 Å². The SMILES string of the molecule is COc1cc(OC)cc(N2CCC(C(=O)NCc3ccc(F)cc3)C2=O)c1. The number of amides is 2. The van der Waals surface area contributed by atoms with Crippen LogP contribution in [-0.2, 0) is 16.1 Å². The van der Waals surface area contributed by atoms with Crippen LogP contribution in [0.25, 0.3) is 0 Å². The lowest BCUT2D eigenvalue weighted by Gasteiger charge is -2.18. The molecule has 0 bridgehead atoms. The second kappa shape index (κ2) is 8.07. The fraction of sp³-hybridized carbons (Fsp3) is 0.300. The van der Waals surface area contributed by atoms with Crippen molar-refractivity contribution in [3.05, 3.63) is 53.8 Å². The summed E-state index contributed by atoms with van der Waals surface area (Å²) in [6.07, 6.45) is 0.424. The van der Waals surface area contributed by atoms with Crippen molar-refractivity contribution in [3.8, 4) is 11.5 Å². The molecule has 3 rings (SSSR count). The zero-order valence-corrected chi connectivity index (χ0v) is 15.2. The van der Waals surface area contributed by atoms with E-state index in [0.29, 0.717) is 30.2 Å². The van der Waals surface area contributed by atoms with Crippen LogP contribution in [0.2, 0.25) is 0 Å². The van der Waals surface area contributed by atoms with Gasteiger partial charge >= 0.3 is 0 Å². The van der Waals surface area contributed by atoms with Gasteiger partial charge in [0.05, 0.1) is 19.9 Å². The lowest BCUT2D eigenvalue weighted by molar-refractivity contribution is -0.132. The Labute approximate surface area is 156 Å². The van der Waals surface area contributed by atoms with Crippen LogP contribution in [0, 0.1) is 11.7 Å². The predicted octanol–water partition coefficient (Wildman–Crippen LogP) is 2.51. The smallest absolute Gasteiger partial charge is 0.239 e. The summed E-state index contributed by atoms with van der Waals surface area (Å²) in [7, 11) is 3.08. The Kier molecular flexibility index (Phi) is 5.59. The van der Waals surface area contributed by atoms with Crippen LogP contribution >= 0.6 is 0 Å². The van der Waals surface area contributed by atoms with E-state index in [1.165, 1.54) is 26.4 Å². The topological polar surface area (TPSA) is 67.9 Å². The molecule has 27 heavy (non-hydrogen) atoms. The first-order valence-corrected chi connectivity index (χ1v) is 8.58. The number of benzene rings is 2. The Morgan fingerprint density at radius 2 is 1.78 bits per heavy atom. The maximum absolute atomic E-state index is 12.9. The minimum Gasteiger partial charge on any atom is -0.497 e. The lowest BCUT2D eigenvalue weighted by Crippen LogP contribution is -2.36. The molecule has 1 saturated heterocycles. The lowest BCUT2D eigenvalue weighted by atomic mass is 10.1. The molecule has 1 aliphatic heterocycles. The van der Waals surface area contributed by atoms with Gasteiger partial charge in [0.25, 0.3) is 0 Å². The quantitative estimate of drug-likeness (QED) is 0.792. The number of hydrogen-bond acceptors (Lipinski definition) is 4. The Balaban J connectivity index is 1.67. The number of ether oxygens (including phenoxy) is 2. The molecule has 0 saturated carbocycles. The summed E-state index contributed by atoms with van der Waals surface area (Å²) in [5.41, 5.74) is 1.40. The molecule has 2 amide bonds. The highest BCUT2D eigenvalue weighted by Crippen LogP contribution is 2.32. The highest BCUT2D eigenvalue weighted by atomic mass is 19.1. The summed E-state index contributed by atoms with van der Waals surface area (Å²) in [6, 6.07) is 11.1. The fourth-order valence-corrected chi connectivity index (χ4v) is 3.04. The number of rotatable bonds is 6. The first kappa shape index (κ1) is 18.7. The second-order valence-electron chi connectivity index (χ2n) is 6.25. The van der Waals surface area contributed by atoms with Gasteiger partial charge in [0, 0.05) is 31.3 Å². The normalized spacial score (nSPS) is 16.3. The van der Waals surface area contributed by atoms with E-state index >= 15 is 0 Å². The summed E-state index contributed by atoms with van der Waals surface area (Å²) in [6.45, 7) is 0.680. The summed E-state index contributed by atoms with van der Waals surface area (Å²) < 4.78 is 23.4. The van der Waals surface area contributed by atoms with Crippen LogP contribution in [0.3, 0.4) is 0 Å². The molecule has 0 spiro atoms. The summed E-state index contributed by atoms with van der Waals surface area (Å²) in [5.74, 6) is -0.533. The van der Waals surface area contributed by atoms with Gasteiger partial charge in [0.1, 0.15) is 23.2 Å². The van der Waals surface area contributed by atoms with Gasteiger partial charge in [0.15, 0.2) is 0 Å². The van der Waals surface area contributed by atoms with Crippen molar-refractivity contribution in [2.45, 2.75) is 13.0 Å². The van der Waals surface area contributed by atoms with Crippen LogP contribution in [0.1, 0.15) is 12.0 Å². The highest BCUT2D eigenvalue weighted by molar-refractivity contribution is 6.09. The first-order chi connectivity index (χ1) is 13.0. The van der Waals surface area contributed by atoms with E-state index in [1.807, 2.05) is 0 Å². The van der Waals surface area contributed by atoms with Gasteiger partial charge in [-0.3, -0.25) is 9.59 Å². The molecule has 1 unspecified atom stereocenters. The van der Waals surface area contributed by atoms with Crippen molar-refractivity contribution in [2.24, 2.45) is 5.92 Å². The Morgan fingerprint density at radius 3 is 2.37 bits per heavy atom. The second-order valence-corrected chi connectivity index (χ2v) is 6.25. The predicted molar refractivity (Wildman–Crippen MR) is 98.3 cm³/mol. The number of anilines is 1. The van der Waals surface area contributed by atoms with Crippen LogP contribution in [0.4, 0.5) is 10.1 Å². The first-order valence-electron chi connectivity index (χ1n) is 8.58. The monoisotopic (exact) mass is 372 g/mol. The molecule has 1 atom stereocenters. The number of nitrogens with one attached hydrogen (secondary N) is 1. The standard InChI is InChI=1S/C20H21FN2O4/c1-26-16-9-15(10-17(11-16)27-2)23-8-7-18(20(23)25)19(24)22-12-13-3-5-14(21)6-4-13/h3-6,9-11,18H,7-8,12H2,1-2H3,(H,22,24). The largest absolute Gasteiger partial charge is 0.497 e. The van der Waals surface area contributed by atoms with Crippen LogP contribution < -0.4 is 19.7 Å². The molecule has 2 aromatic rings. The molecule has 0 radical (unpaired) electrons. The molecular formula is C20H21FN2O4. The van der Waals surface area contributed by atoms with E-state index < -0.39 is 5.92 Å². The van der Waals surface area contributed by atoms with Gasteiger partial charge in [-0.15, -0.1) is 0 Å². The highest BCUT2D eigenvalue weighted by Gasteiger charge is 2.37. The van der Waals surface area contributed by atoms with Crippen molar-refractivity contribution in [3.63, 3.8) is 0 Å². The van der Waals surface area contributed by atoms with Crippen LogP contribution in [0.15, 0.2) is 42.5 Å². The Hall–Kier alpha value is -3.09. The van der Waals surface area contributed by atoms with E-state index in [0.717, 1.165) is 5.56 Å². The number of methoxy groups -OCH3 is 2. The van der Waals surface area contributed by atoms with E-state index in [9.17, 15) is 14.0 Å². The molecule has 2 aromatic carbocycles. The number of carbonyl (C=O) groups is 2. The van der Waals surface area contributed by atoms with E-state index in [1.54, 1.807) is 35.2 Å². The van der Waals surface area contributed by atoms with Crippen molar-refractivity contribution in [1.82, 2.24) is 5.32 Å². The molecule has 6 nitrogen and oxygen atoms in total. The van der Waals surface area contributed by atoms with Gasteiger partial charge in [-0.25, -0.2) is 4.39 Å². The fourth-order valence-electron chi connectivity index (χ4n) is 3.04. The van der Waals surface area contributed by atoms with Gasteiger partial charge in [-0.1, -0.05) is 12.1 Å². The molecule has 0 aromatic heterocycles. The summed E-state index contributed by atoms with van der Waals surface area (Å²) in [4.78, 5) is 26.7.